The molecule has 0 bridgehead atoms. The lowest BCUT2D eigenvalue weighted by Crippen LogP contribution is -2.45. The number of carbonyl (C=O) groups is 1. The molecule has 2 heterocycles. The van der Waals surface area contributed by atoms with E-state index in [1.807, 2.05) is 31.3 Å². The van der Waals surface area contributed by atoms with Gasteiger partial charge in [0.1, 0.15) is 0 Å². The first kappa shape index (κ1) is 15.4. The first-order valence-electron chi connectivity index (χ1n) is 7.06. The third kappa shape index (κ3) is 4.01. The fourth-order valence-electron chi connectivity index (χ4n) is 2.21. The molecule has 1 amide bonds. The van der Waals surface area contributed by atoms with E-state index in [2.05, 4.69) is 10.3 Å². The summed E-state index contributed by atoms with van der Waals surface area (Å²) in [7, 11) is 1.97. The van der Waals surface area contributed by atoms with Gasteiger partial charge in [0.05, 0.1) is 23.4 Å². The van der Waals surface area contributed by atoms with Crippen LogP contribution in [0.3, 0.4) is 0 Å². The van der Waals surface area contributed by atoms with Crippen molar-refractivity contribution in [3.8, 4) is 0 Å². The van der Waals surface area contributed by atoms with Crippen LogP contribution in [0.15, 0.2) is 5.51 Å². The molecule has 5 nitrogen and oxygen atoms in total. The molecular weight excluding hydrogens is 274 g/mol. The number of thiazole rings is 1. The third-order valence-corrected chi connectivity index (χ3v) is 4.73. The summed E-state index contributed by atoms with van der Waals surface area (Å²) in [5, 5.41) is 2.98. The topological polar surface area (TPSA) is 54.5 Å². The normalized spacial score (nSPS) is 20.3. The second-order valence-corrected chi connectivity index (χ2v) is 6.27. The summed E-state index contributed by atoms with van der Waals surface area (Å²) in [6.07, 6.45) is 2.34. The van der Waals surface area contributed by atoms with Gasteiger partial charge in [-0.15, -0.1) is 11.3 Å². The first-order valence-corrected chi connectivity index (χ1v) is 7.94. The molecule has 6 heteroatoms. The molecule has 1 saturated heterocycles. The smallest absolute Gasteiger partial charge is 0.237 e. The highest BCUT2D eigenvalue weighted by Crippen LogP contribution is 2.15. The summed E-state index contributed by atoms with van der Waals surface area (Å²) >= 11 is 1.64. The number of carbonyl (C=O) groups excluding carboxylic acids is 1. The van der Waals surface area contributed by atoms with Crippen molar-refractivity contribution in [3.05, 3.63) is 16.1 Å². The van der Waals surface area contributed by atoms with Crippen molar-refractivity contribution in [2.75, 3.05) is 20.2 Å². The van der Waals surface area contributed by atoms with E-state index >= 15 is 0 Å². The summed E-state index contributed by atoms with van der Waals surface area (Å²) in [5.74, 6) is 0.0603. The Morgan fingerprint density at radius 2 is 2.50 bits per heavy atom. The number of likely N-dealkylation sites (N-methyl/N-ethyl adjacent to an activating group) is 1. The van der Waals surface area contributed by atoms with Crippen molar-refractivity contribution in [2.24, 2.45) is 0 Å². The molecule has 1 fully saturated rings. The highest BCUT2D eigenvalue weighted by atomic mass is 32.1. The number of hydrogen-bond acceptors (Lipinski definition) is 5. The maximum absolute atomic E-state index is 12.1. The van der Waals surface area contributed by atoms with E-state index < -0.39 is 0 Å². The zero-order chi connectivity index (χ0) is 14.5. The Hall–Kier alpha value is -0.980. The van der Waals surface area contributed by atoms with E-state index in [9.17, 15) is 4.79 Å². The van der Waals surface area contributed by atoms with Crippen LogP contribution in [0.25, 0.3) is 0 Å². The molecule has 0 spiro atoms. The van der Waals surface area contributed by atoms with Crippen LogP contribution in [0.2, 0.25) is 0 Å². The Morgan fingerprint density at radius 3 is 3.10 bits per heavy atom. The van der Waals surface area contributed by atoms with Crippen molar-refractivity contribution < 1.29 is 9.53 Å². The zero-order valence-electron chi connectivity index (χ0n) is 12.4. The Kier molecular flexibility index (Phi) is 5.51. The second kappa shape index (κ2) is 7.15. The molecule has 1 aromatic rings. The van der Waals surface area contributed by atoms with Crippen molar-refractivity contribution >= 4 is 17.2 Å². The van der Waals surface area contributed by atoms with Crippen LogP contribution in [-0.2, 0) is 16.1 Å². The number of rotatable bonds is 6. The molecule has 112 valence electrons. The van der Waals surface area contributed by atoms with Gasteiger partial charge in [-0.3, -0.25) is 9.69 Å². The van der Waals surface area contributed by atoms with Gasteiger partial charge in [0, 0.05) is 24.6 Å². The van der Waals surface area contributed by atoms with E-state index in [-0.39, 0.29) is 18.1 Å². The Balaban J connectivity index is 1.78. The SMILES string of the molecule is Cc1ncsc1CN(C)[C@@H](C)C(=O)NC[C@@H]1CCCO1. The van der Waals surface area contributed by atoms with Gasteiger partial charge < -0.3 is 10.1 Å². The predicted molar refractivity (Wildman–Crippen MR) is 79.8 cm³/mol. The molecule has 2 atom stereocenters. The molecule has 2 rings (SSSR count). The van der Waals surface area contributed by atoms with Crippen LogP contribution in [0.5, 0.6) is 0 Å². The molecular formula is C14H23N3O2S. The highest BCUT2D eigenvalue weighted by molar-refractivity contribution is 7.09. The number of nitrogens with zero attached hydrogens (tertiary/aromatic N) is 2. The van der Waals surface area contributed by atoms with Crippen molar-refractivity contribution in [2.45, 2.75) is 45.4 Å². The number of nitrogens with one attached hydrogen (secondary N) is 1. The average molecular weight is 297 g/mol. The van der Waals surface area contributed by atoms with Gasteiger partial charge in [-0.2, -0.15) is 0 Å². The maximum atomic E-state index is 12.1. The Labute approximate surface area is 124 Å². The first-order chi connectivity index (χ1) is 9.58. The molecule has 0 aliphatic carbocycles. The van der Waals surface area contributed by atoms with Gasteiger partial charge in [-0.1, -0.05) is 0 Å². The second-order valence-electron chi connectivity index (χ2n) is 5.33. The van der Waals surface area contributed by atoms with Crippen LogP contribution in [-0.4, -0.2) is 48.1 Å². The lowest BCUT2D eigenvalue weighted by Gasteiger charge is -2.24. The molecule has 1 aromatic heterocycles. The van der Waals surface area contributed by atoms with E-state index in [0.29, 0.717) is 6.54 Å². The predicted octanol–water partition coefficient (Wildman–Crippen LogP) is 1.57. The van der Waals surface area contributed by atoms with Crippen LogP contribution >= 0.6 is 11.3 Å². The van der Waals surface area contributed by atoms with Gasteiger partial charge in [0.15, 0.2) is 0 Å². The van der Waals surface area contributed by atoms with E-state index in [1.165, 1.54) is 4.88 Å². The highest BCUT2D eigenvalue weighted by Gasteiger charge is 2.21. The number of hydrogen-bond donors (Lipinski definition) is 1. The van der Waals surface area contributed by atoms with Crippen molar-refractivity contribution in [1.82, 2.24) is 15.2 Å². The quantitative estimate of drug-likeness (QED) is 0.866. The molecule has 1 aliphatic rings. The monoisotopic (exact) mass is 297 g/mol. The Morgan fingerprint density at radius 1 is 1.70 bits per heavy atom. The molecule has 20 heavy (non-hydrogen) atoms. The summed E-state index contributed by atoms with van der Waals surface area (Å²) in [6, 6.07) is -0.155. The third-order valence-electron chi connectivity index (χ3n) is 3.81. The lowest BCUT2D eigenvalue weighted by atomic mass is 10.2. The standard InChI is InChI=1S/C14H23N3O2S/c1-10-13(20-9-16-10)8-17(3)11(2)14(18)15-7-12-5-4-6-19-12/h9,11-12H,4-8H2,1-3H3,(H,15,18)/t11-,12-/m0/s1. The zero-order valence-corrected chi connectivity index (χ0v) is 13.2. The molecule has 1 N–H and O–H groups in total. The number of aryl methyl sites for hydroxylation is 1. The van der Waals surface area contributed by atoms with Gasteiger partial charge in [0.2, 0.25) is 5.91 Å². The molecule has 0 unspecified atom stereocenters. The fourth-order valence-corrected chi connectivity index (χ4v) is 3.05. The minimum atomic E-state index is -0.155. The van der Waals surface area contributed by atoms with Gasteiger partial charge in [-0.05, 0) is 33.7 Å². The minimum absolute atomic E-state index is 0.0603. The number of ether oxygens (including phenoxy) is 1. The van der Waals surface area contributed by atoms with Crippen molar-refractivity contribution in [3.63, 3.8) is 0 Å². The number of aromatic nitrogens is 1. The number of amides is 1. The largest absolute Gasteiger partial charge is 0.376 e. The molecule has 0 saturated carbocycles. The van der Waals surface area contributed by atoms with Crippen LogP contribution < -0.4 is 5.32 Å². The molecule has 1 aliphatic heterocycles. The Bertz CT molecular complexity index is 443. The van der Waals surface area contributed by atoms with Gasteiger partial charge in [-0.25, -0.2) is 4.98 Å². The summed E-state index contributed by atoms with van der Waals surface area (Å²) < 4.78 is 5.51. The summed E-state index contributed by atoms with van der Waals surface area (Å²) in [6.45, 7) is 6.13. The molecule has 0 radical (unpaired) electrons. The summed E-state index contributed by atoms with van der Waals surface area (Å²) in [4.78, 5) is 19.6. The van der Waals surface area contributed by atoms with Crippen molar-refractivity contribution in [1.29, 1.82) is 0 Å². The molecule has 0 aromatic carbocycles. The van der Waals surface area contributed by atoms with Crippen LogP contribution in [0.4, 0.5) is 0 Å². The minimum Gasteiger partial charge on any atom is -0.376 e. The van der Waals surface area contributed by atoms with E-state index in [4.69, 9.17) is 4.74 Å². The van der Waals surface area contributed by atoms with Crippen LogP contribution in [0, 0.1) is 6.92 Å². The van der Waals surface area contributed by atoms with E-state index in [1.54, 1.807) is 11.3 Å². The van der Waals surface area contributed by atoms with E-state index in [0.717, 1.165) is 31.7 Å². The fraction of sp³-hybridized carbons (Fsp3) is 0.714. The van der Waals surface area contributed by atoms with Gasteiger partial charge in [0.25, 0.3) is 0 Å². The lowest BCUT2D eigenvalue weighted by molar-refractivity contribution is -0.126. The average Bonchev–Trinajstić information content (AvgIpc) is 3.07. The summed E-state index contributed by atoms with van der Waals surface area (Å²) in [5.41, 5.74) is 2.90. The van der Waals surface area contributed by atoms with Crippen LogP contribution in [0.1, 0.15) is 30.3 Å². The van der Waals surface area contributed by atoms with Gasteiger partial charge >= 0.3 is 0 Å². The maximum Gasteiger partial charge on any atom is 0.237 e.